The number of ether oxygens (including phenoxy) is 16. The van der Waals surface area contributed by atoms with Gasteiger partial charge in [-0.05, 0) is 97.4 Å². The van der Waals surface area contributed by atoms with Gasteiger partial charge in [0, 0.05) is 97.4 Å². The van der Waals surface area contributed by atoms with E-state index in [1.54, 1.807) is 0 Å². The van der Waals surface area contributed by atoms with E-state index in [2.05, 4.69) is 0 Å². The first kappa shape index (κ1) is 117. The third-order valence-corrected chi connectivity index (χ3v) is 32.3. The van der Waals surface area contributed by atoms with Crippen LogP contribution in [0.2, 0.25) is 0 Å². The molecule has 16 bridgehead atoms. The summed E-state index contributed by atoms with van der Waals surface area (Å²) in [7, 11) is 0. The minimum Gasteiger partial charge on any atom is -0.481 e. The summed E-state index contributed by atoms with van der Waals surface area (Å²) in [4.78, 5) is 93.5. The quantitative estimate of drug-likeness (QED) is 0.0255. The number of carboxylic acids is 8. The summed E-state index contributed by atoms with van der Waals surface area (Å²) >= 11 is 8.31. The topological polar surface area (TPSA) is 770 Å². The lowest BCUT2D eigenvalue weighted by Gasteiger charge is -2.51. The van der Waals surface area contributed by atoms with Crippen molar-refractivity contribution < 1.29 is 237 Å². The Morgan fingerprint density at radius 2 is 0.250 bits per heavy atom. The minimum atomic E-state index is -2.28. The monoisotopic (exact) mass is 2110 g/mol. The predicted octanol–water partition coefficient (Wildman–Crippen LogP) is -4.56. The van der Waals surface area contributed by atoms with Gasteiger partial charge in [0.1, 0.15) is 146 Å². The van der Waals surface area contributed by atoms with Gasteiger partial charge in [-0.2, -0.15) is 94.1 Å². The van der Waals surface area contributed by atoms with Crippen molar-refractivity contribution in [1.82, 2.24) is 0 Å². The summed E-state index contributed by atoms with van der Waals surface area (Å²) in [5.74, 6) is -10.7. The van der Waals surface area contributed by atoms with E-state index in [0.717, 1.165) is 94.1 Å². The number of hydrogen-bond donors (Lipinski definition) is 24. The highest BCUT2D eigenvalue weighted by molar-refractivity contribution is 8.00. The first-order chi connectivity index (χ1) is 64.7. The van der Waals surface area contributed by atoms with Crippen molar-refractivity contribution in [3.05, 3.63) is 0 Å². The zero-order chi connectivity index (χ0) is 99.3. The van der Waals surface area contributed by atoms with Gasteiger partial charge >= 0.3 is 47.8 Å². The molecule has 24 N–H and O–H groups in total. The van der Waals surface area contributed by atoms with Crippen molar-refractivity contribution in [2.45, 2.75) is 348 Å². The summed E-state index contributed by atoms with van der Waals surface area (Å²) in [6.07, 6.45) is -81.9. The van der Waals surface area contributed by atoms with Crippen LogP contribution < -0.4 is 0 Å². The molecule has 136 heavy (non-hydrogen) atoms. The van der Waals surface area contributed by atoms with Gasteiger partial charge in [-0.1, -0.05) is 0 Å². The lowest BCUT2D eigenvalue weighted by Crippen LogP contribution is -2.69. The van der Waals surface area contributed by atoms with Crippen molar-refractivity contribution in [2.24, 2.45) is 0 Å². The number of thioether (sulfide) groups is 8. The Hall–Kier alpha value is -2.72. The second-order valence-electron chi connectivity index (χ2n) is 33.6. The smallest absolute Gasteiger partial charge is 0.303 e. The van der Waals surface area contributed by atoms with Gasteiger partial charge in [-0.15, -0.1) is 0 Å². The van der Waals surface area contributed by atoms with Crippen molar-refractivity contribution in [2.75, 3.05) is 92.0 Å². The molecule has 0 saturated carbocycles. The molecule has 0 aromatic carbocycles. The first-order valence-electron chi connectivity index (χ1n) is 44.5. The lowest BCUT2D eigenvalue weighted by molar-refractivity contribution is -0.396. The minimum absolute atomic E-state index is 0.0622. The van der Waals surface area contributed by atoms with E-state index in [1.165, 1.54) is 0 Å². The molecule has 30 fully saturated rings. The number of rotatable bonds is 48. The van der Waals surface area contributed by atoms with E-state index in [1.807, 2.05) is 0 Å². The molecule has 0 amide bonds. The van der Waals surface area contributed by atoms with Crippen LogP contribution >= 0.6 is 94.1 Å². The Morgan fingerprint density at radius 1 is 0.154 bits per heavy atom. The fraction of sp³-hybridized carbons (Fsp3) is 0.900. The molecule has 30 heterocycles. The molecule has 0 aromatic rings. The third-order valence-electron chi connectivity index (χ3n) is 23.1. The molecule has 40 atom stereocenters. The number of carboxylic acid groups (broad SMARTS) is 8. The normalized spacial score (nSPS) is 39.8. The van der Waals surface area contributed by atoms with E-state index in [9.17, 15) is 161 Å². The summed E-state index contributed by atoms with van der Waals surface area (Å²) in [6, 6.07) is 0. The molecule has 0 unspecified atom stereocenters. The van der Waals surface area contributed by atoms with Gasteiger partial charge in [-0.25, -0.2) is 0 Å². The van der Waals surface area contributed by atoms with Gasteiger partial charge < -0.3 is 198 Å². The Balaban J connectivity index is 1.13. The highest BCUT2D eigenvalue weighted by Gasteiger charge is 2.61. The van der Waals surface area contributed by atoms with Gasteiger partial charge in [0.25, 0.3) is 0 Å². The van der Waals surface area contributed by atoms with Gasteiger partial charge in [0.15, 0.2) is 50.3 Å². The SMILES string of the molecule is O=C(O)CCCSC[C@@H]1O[C@@H]2O[C@H]3[C@H](O)[C@@H](O)[C@@H](O[C@H]4[C@H](O)[C@@H](O)[C@@H](O[C@H]5[C@H](O)[C@@H](O)[C@@H](O[C@H]6[C@H](O)[C@@H](O)[C@@H](O[C@H]7[C@H](O)[C@H](O)[C@@H](O[C@H]8[C@H](O)[C@@H](O)[C@@H](O[C@H]9[C@H](O)[C@@H](O)[C@@H](O[C@H]1[C@H](O)[C@H]2O)O[C@H]9CSCCCC(=O)O)O[C@@H]8CSCCCC(=O)O)O[C@@H]7CSCCCC(=O)O)O[C@@H]6CSCCCC(=O)O)O[C@@H]5CSCCCC(=O)O)O[C@@H]4CSCCCC(=O)O)O[C@H]3CSCCCC(=O)O. The number of aliphatic carboxylic acids is 8. The zero-order valence-electron chi connectivity index (χ0n) is 73.5. The van der Waals surface area contributed by atoms with Gasteiger partial charge in [-0.3, -0.25) is 38.4 Å². The lowest BCUT2D eigenvalue weighted by atomic mass is 9.95. The van der Waals surface area contributed by atoms with Crippen LogP contribution in [-0.2, 0) is 114 Å². The van der Waals surface area contributed by atoms with Crippen LogP contribution in [-0.4, -0.2) is 508 Å². The number of carbonyl (C=O) groups is 8. The Bertz CT molecular complexity index is 2960. The predicted molar refractivity (Wildman–Crippen MR) is 478 cm³/mol. The van der Waals surface area contributed by atoms with E-state index in [4.69, 9.17) is 75.8 Å². The molecular formula is C80H128O48S8. The average molecular weight is 2110 g/mol. The van der Waals surface area contributed by atoms with Crippen LogP contribution in [0.1, 0.15) is 103 Å². The molecule has 784 valence electrons. The van der Waals surface area contributed by atoms with Crippen LogP contribution in [0.15, 0.2) is 0 Å². The van der Waals surface area contributed by atoms with E-state index in [0.29, 0.717) is 0 Å². The maximum atomic E-state index is 12.4. The molecule has 0 aromatic heterocycles. The molecule has 0 radical (unpaired) electrons. The van der Waals surface area contributed by atoms with Crippen molar-refractivity contribution in [3.63, 3.8) is 0 Å². The van der Waals surface area contributed by atoms with Crippen LogP contribution in [0.25, 0.3) is 0 Å². The van der Waals surface area contributed by atoms with Gasteiger partial charge in [0.05, 0.1) is 48.8 Å². The van der Waals surface area contributed by atoms with Crippen molar-refractivity contribution in [1.29, 1.82) is 0 Å². The first-order valence-corrected chi connectivity index (χ1v) is 53.7. The summed E-state index contributed by atoms with van der Waals surface area (Å²) in [6.45, 7) is 0. The van der Waals surface area contributed by atoms with E-state index >= 15 is 0 Å². The van der Waals surface area contributed by atoms with Crippen molar-refractivity contribution in [3.8, 4) is 0 Å². The average Bonchev–Trinajstić information content (AvgIpc) is 0.763. The van der Waals surface area contributed by atoms with Gasteiger partial charge in [0.2, 0.25) is 0 Å². The van der Waals surface area contributed by atoms with Crippen LogP contribution in [0.4, 0.5) is 0 Å². The maximum absolute atomic E-state index is 12.4. The Kier molecular flexibility index (Phi) is 50.3. The third kappa shape index (κ3) is 34.7. The molecule has 30 aliphatic rings. The number of aliphatic hydroxyl groups excluding tert-OH is 16. The van der Waals surface area contributed by atoms with E-state index in [-0.39, 0.29) is 195 Å². The molecule has 30 aliphatic heterocycles. The summed E-state index contributed by atoms with van der Waals surface area (Å²) < 4.78 is 102. The largest absolute Gasteiger partial charge is 0.481 e. The van der Waals surface area contributed by atoms with Crippen LogP contribution in [0.3, 0.4) is 0 Å². The maximum Gasteiger partial charge on any atom is 0.303 e. The molecule has 30 rings (SSSR count). The molecule has 30 saturated heterocycles. The van der Waals surface area contributed by atoms with Crippen LogP contribution in [0, 0.1) is 0 Å². The van der Waals surface area contributed by atoms with E-state index < -0.39 is 293 Å². The fourth-order valence-electron chi connectivity index (χ4n) is 16.0. The second kappa shape index (κ2) is 58.6. The van der Waals surface area contributed by atoms with Crippen LogP contribution in [0.5, 0.6) is 0 Å². The molecular weight excluding hydrogens is 1990 g/mol. The second-order valence-corrected chi connectivity index (χ2v) is 42.8. The molecule has 0 spiro atoms. The fourth-order valence-corrected chi connectivity index (χ4v) is 24.1. The molecule has 48 nitrogen and oxygen atoms in total. The molecule has 0 aliphatic carbocycles. The standard InChI is InChI=1S/C80H128O48S8/c81-41(82)9-1-17-129-25-33-65-49(97)57(105)73(113-33)122-66-34(26-130-18-2-10-42(83)84)115-75(59(107)51(66)99)124-68-36(28-132-20-4-12-44(87)88)117-77(61(109)53(68)101)126-70-38(30-134-22-6-14-46(91)92)119-79(63(111)55(70)103)128-72-40(32-136-24-8-16-48(95)96)120-80(64(112)56(72)104)127-71-39(31-135-23-7-15-47(93)94)118-78(62(110)54(71)102)125-69-37(29-133-21-5-13-45(89)90)116-76(60(108)52(69)100)123-67-35(27-131-19-3-11-43(85)86)114-74(121-65)58(106)50(67)98/h33-40,49-80,97-112H,1-32H2,(H,81,82)(H,83,84)(H,85,86)(H,87,88)(H,89,90)(H,91,92)(H,93,94)(H,95,96)/t33-,34-,35-,36-,37-,38+,39+,40+,49-,50-,51-,52-,53-,54-,55-,56-,57-,58-,59+,60-,61-,62-,63-,64-,65-,66-,67-,68-,69-,70-,71-,72-,73-,74-,75-,76-,77-,78-,79-,80-/m1/s1. The highest BCUT2D eigenvalue weighted by Crippen LogP contribution is 2.43. The number of hydrogen-bond acceptors (Lipinski definition) is 48. The van der Waals surface area contributed by atoms with Crippen molar-refractivity contribution >= 4 is 142 Å². The Morgan fingerprint density at radius 3 is 0.338 bits per heavy atom. The summed E-state index contributed by atoms with van der Waals surface area (Å²) in [5, 5.41) is 274. The Labute approximate surface area is 814 Å². The number of aliphatic hydroxyl groups is 16. The summed E-state index contributed by atoms with van der Waals surface area (Å²) in [5.41, 5.74) is 0. The molecule has 56 heteroatoms. The zero-order valence-corrected chi connectivity index (χ0v) is 80.1. The highest BCUT2D eigenvalue weighted by atomic mass is 32.2.